The Morgan fingerprint density at radius 2 is 1.65 bits per heavy atom. The van der Waals surface area contributed by atoms with Crippen LogP contribution in [0.3, 0.4) is 0 Å². The standard InChI is InChI=1S/C50H60N8O8/c1-9-28(4)58(48(60)42(27(2)3)55-49(61)64-7)29(5)45-51-23-39(53-45)33-15-17-35-34(20-33)26-66-41-22-36-32(21-37(35)41)16-18-38-44(36)54-46(52-38)40-19-30(25-63-6)24-57(40)47(59)43(56-50(62)65-8)31-13-11-10-12-14-31/h10-15,17,20-23,27-30,40,42-43H,9,16,18-19,24-26H2,1-8H3,(H,51,53)(H,52,54)(H,55,61)(H,56,62)/t28-,29-,30+,40-,42-,43+/m0/s1. The lowest BCUT2D eigenvalue weighted by Gasteiger charge is -2.37. The lowest BCUT2D eigenvalue weighted by atomic mass is 9.86. The van der Waals surface area contributed by atoms with Crippen molar-refractivity contribution < 1.29 is 38.1 Å². The summed E-state index contributed by atoms with van der Waals surface area (Å²) in [5.74, 6) is 1.59. The molecule has 0 bridgehead atoms. The lowest BCUT2D eigenvalue weighted by Crippen LogP contribution is -2.54. The molecule has 0 radical (unpaired) electrons. The number of nitrogens with one attached hydrogen (secondary N) is 4. The predicted molar refractivity (Wildman–Crippen MR) is 247 cm³/mol. The van der Waals surface area contributed by atoms with Crippen molar-refractivity contribution in [3.8, 4) is 39.4 Å². The molecule has 4 heterocycles. The Morgan fingerprint density at radius 1 is 0.894 bits per heavy atom. The molecule has 1 saturated heterocycles. The monoisotopic (exact) mass is 900 g/mol. The number of aromatic nitrogens is 4. The number of nitrogens with zero attached hydrogens (tertiary/aromatic N) is 4. The van der Waals surface area contributed by atoms with E-state index in [1.165, 1.54) is 14.2 Å². The molecular weight excluding hydrogens is 841 g/mol. The third-order valence-electron chi connectivity index (χ3n) is 13.3. The molecule has 4 amide bonds. The second-order valence-corrected chi connectivity index (χ2v) is 17.9. The Hall–Kier alpha value is -6.68. The highest BCUT2D eigenvalue weighted by atomic mass is 16.5. The van der Waals surface area contributed by atoms with Crippen molar-refractivity contribution in [1.29, 1.82) is 0 Å². The number of aryl methyl sites for hydroxylation is 2. The first-order valence-electron chi connectivity index (χ1n) is 22.8. The molecule has 5 aromatic rings. The number of hydrogen-bond donors (Lipinski definition) is 4. The molecule has 6 atom stereocenters. The summed E-state index contributed by atoms with van der Waals surface area (Å²) in [4.78, 5) is 73.8. The number of amides is 4. The van der Waals surface area contributed by atoms with Gasteiger partial charge in [0.25, 0.3) is 5.91 Å². The Bertz CT molecular complexity index is 2590. The van der Waals surface area contributed by atoms with Gasteiger partial charge in [0.15, 0.2) is 0 Å². The zero-order valence-electron chi connectivity index (χ0n) is 38.9. The Kier molecular flexibility index (Phi) is 13.5. The van der Waals surface area contributed by atoms with Gasteiger partial charge in [0, 0.05) is 42.4 Å². The Balaban J connectivity index is 1.04. The number of alkyl carbamates (subject to hydrolysis) is 2. The number of imidazole rings is 2. The van der Waals surface area contributed by atoms with Crippen molar-refractivity contribution >= 4 is 24.0 Å². The molecule has 2 aromatic heterocycles. The molecule has 2 aliphatic heterocycles. The van der Waals surface area contributed by atoms with Crippen molar-refractivity contribution in [3.05, 3.63) is 101 Å². The molecule has 3 aliphatic rings. The highest BCUT2D eigenvalue weighted by Crippen LogP contribution is 2.46. The topological polar surface area (TPSA) is 193 Å². The number of H-pyrrole nitrogens is 2. The normalized spacial score (nSPS) is 17.8. The fourth-order valence-electron chi connectivity index (χ4n) is 9.66. The summed E-state index contributed by atoms with van der Waals surface area (Å²) in [7, 11) is 4.23. The summed E-state index contributed by atoms with van der Waals surface area (Å²) in [6, 6.07) is 17.2. The van der Waals surface area contributed by atoms with Crippen LogP contribution >= 0.6 is 0 Å². The van der Waals surface area contributed by atoms with Crippen molar-refractivity contribution in [2.24, 2.45) is 11.8 Å². The molecule has 8 rings (SSSR count). The van der Waals surface area contributed by atoms with Gasteiger partial charge in [0.1, 0.15) is 36.1 Å². The summed E-state index contributed by atoms with van der Waals surface area (Å²) in [5.41, 5.74) is 9.59. The zero-order chi connectivity index (χ0) is 46.8. The second-order valence-electron chi connectivity index (χ2n) is 17.9. The van der Waals surface area contributed by atoms with Crippen LogP contribution in [0.15, 0.2) is 66.9 Å². The van der Waals surface area contributed by atoms with E-state index in [-0.39, 0.29) is 35.7 Å². The smallest absolute Gasteiger partial charge is 0.407 e. The molecule has 348 valence electrons. The first kappa shape index (κ1) is 45.9. The number of hydrogen-bond acceptors (Lipinski definition) is 10. The molecule has 66 heavy (non-hydrogen) atoms. The molecule has 3 aromatic carbocycles. The first-order valence-corrected chi connectivity index (χ1v) is 22.8. The molecule has 1 aliphatic carbocycles. The Labute approximate surface area is 385 Å². The number of rotatable bonds is 14. The van der Waals surface area contributed by atoms with Crippen molar-refractivity contribution in [2.45, 2.75) is 97.1 Å². The third-order valence-corrected chi connectivity index (χ3v) is 13.3. The summed E-state index contributed by atoms with van der Waals surface area (Å²) >= 11 is 0. The summed E-state index contributed by atoms with van der Waals surface area (Å²) in [5, 5.41) is 5.49. The number of aromatic amines is 2. The van der Waals surface area contributed by atoms with Gasteiger partial charge in [-0.15, -0.1) is 0 Å². The molecule has 1 fully saturated rings. The van der Waals surface area contributed by atoms with E-state index >= 15 is 0 Å². The SMILES string of the molecule is CC[C@H](C)N(C(=O)[C@@H](NC(=O)OC)C(C)C)[C@@H](C)c1ncc(-c2ccc3c(c2)COc2cc4c(cc2-3)CCc2[nH]c([C@@H]3C[C@@H](COC)CN3C(=O)[C@H](NC(=O)OC)c3ccccc3)nc2-4)[nH]1. The molecule has 0 spiro atoms. The summed E-state index contributed by atoms with van der Waals surface area (Å²) in [6.45, 7) is 11.1. The lowest BCUT2D eigenvalue weighted by molar-refractivity contribution is -0.139. The van der Waals surface area contributed by atoms with E-state index in [9.17, 15) is 19.2 Å². The predicted octanol–water partition coefficient (Wildman–Crippen LogP) is 7.83. The maximum Gasteiger partial charge on any atom is 0.407 e. The van der Waals surface area contributed by atoms with Crippen molar-refractivity contribution in [3.63, 3.8) is 0 Å². The largest absolute Gasteiger partial charge is 0.488 e. The molecule has 0 unspecified atom stereocenters. The van der Waals surface area contributed by atoms with Crippen molar-refractivity contribution in [2.75, 3.05) is 34.5 Å². The van der Waals surface area contributed by atoms with Gasteiger partial charge >= 0.3 is 12.2 Å². The number of benzene rings is 3. The van der Waals surface area contributed by atoms with Gasteiger partial charge < -0.3 is 49.3 Å². The van der Waals surface area contributed by atoms with Crippen LogP contribution in [-0.4, -0.2) is 100 Å². The van der Waals surface area contributed by atoms with Crippen molar-refractivity contribution in [1.82, 2.24) is 40.4 Å². The fourth-order valence-corrected chi connectivity index (χ4v) is 9.66. The number of carbonyl (C=O) groups is 4. The van der Waals surface area contributed by atoms with Crippen LogP contribution in [-0.2, 0) is 43.2 Å². The van der Waals surface area contributed by atoms with E-state index in [1.807, 2.05) is 69.9 Å². The molecule has 4 N–H and O–H groups in total. The van der Waals surface area contributed by atoms with Gasteiger partial charge in [-0.1, -0.05) is 63.2 Å². The highest BCUT2D eigenvalue weighted by molar-refractivity contribution is 5.88. The number of fused-ring (bicyclic) bond motifs is 6. The van der Waals surface area contributed by atoms with E-state index in [4.69, 9.17) is 28.9 Å². The van der Waals surface area contributed by atoms with E-state index in [2.05, 4.69) is 50.9 Å². The minimum absolute atomic E-state index is 0.0734. The Morgan fingerprint density at radius 3 is 2.36 bits per heavy atom. The summed E-state index contributed by atoms with van der Waals surface area (Å²) in [6.07, 6.45) is 3.37. The maximum absolute atomic E-state index is 14.4. The quantitative estimate of drug-likeness (QED) is 0.0854. The number of likely N-dealkylation sites (tertiary alicyclic amines) is 1. The average molecular weight is 901 g/mol. The van der Waals surface area contributed by atoms with E-state index in [0.29, 0.717) is 43.4 Å². The highest BCUT2D eigenvalue weighted by Gasteiger charge is 2.42. The van der Waals surface area contributed by atoms with E-state index in [1.54, 1.807) is 18.2 Å². The van der Waals surface area contributed by atoms with Crippen LogP contribution in [0.1, 0.15) is 99.6 Å². The third kappa shape index (κ3) is 8.98. The fraction of sp³-hybridized carbons (Fsp3) is 0.440. The molecule has 16 nitrogen and oxygen atoms in total. The van der Waals surface area contributed by atoms with Gasteiger partial charge in [0.05, 0.1) is 50.5 Å². The van der Waals surface area contributed by atoms with Gasteiger partial charge in [0.2, 0.25) is 5.91 Å². The minimum Gasteiger partial charge on any atom is -0.488 e. The van der Waals surface area contributed by atoms with E-state index in [0.717, 1.165) is 75.5 Å². The summed E-state index contributed by atoms with van der Waals surface area (Å²) < 4.78 is 21.8. The maximum atomic E-state index is 14.4. The average Bonchev–Trinajstić information content (AvgIpc) is 4.11. The number of methoxy groups -OCH3 is 3. The van der Waals surface area contributed by atoms with Gasteiger partial charge in [-0.2, -0.15) is 0 Å². The minimum atomic E-state index is -0.944. The second kappa shape index (κ2) is 19.4. The van der Waals surface area contributed by atoms with Crippen LogP contribution < -0.4 is 15.4 Å². The molecular formula is C50H60N8O8. The van der Waals surface area contributed by atoms with Crippen LogP contribution in [0.25, 0.3) is 33.6 Å². The van der Waals surface area contributed by atoms with Crippen LogP contribution in [0.2, 0.25) is 0 Å². The van der Waals surface area contributed by atoms with Crippen LogP contribution in [0, 0.1) is 11.8 Å². The van der Waals surface area contributed by atoms with Gasteiger partial charge in [-0.3, -0.25) is 9.59 Å². The van der Waals surface area contributed by atoms with Gasteiger partial charge in [-0.25, -0.2) is 19.6 Å². The molecule has 0 saturated carbocycles. The van der Waals surface area contributed by atoms with Crippen LogP contribution in [0.4, 0.5) is 9.59 Å². The molecule has 16 heteroatoms. The van der Waals surface area contributed by atoms with Gasteiger partial charge in [-0.05, 0) is 91.5 Å². The van der Waals surface area contributed by atoms with E-state index < -0.39 is 30.3 Å². The number of carbonyl (C=O) groups excluding carboxylic acids is 4. The first-order chi connectivity index (χ1) is 31.8. The number of ether oxygens (including phenoxy) is 4. The zero-order valence-corrected chi connectivity index (χ0v) is 38.9. The van der Waals surface area contributed by atoms with Crippen LogP contribution in [0.5, 0.6) is 5.75 Å².